The number of fused-ring (bicyclic) bond motifs is 1. The highest BCUT2D eigenvalue weighted by molar-refractivity contribution is 5.90. The van der Waals surface area contributed by atoms with Gasteiger partial charge < -0.3 is 19.9 Å². The summed E-state index contributed by atoms with van der Waals surface area (Å²) in [5.41, 5.74) is 6.31. The zero-order chi connectivity index (χ0) is 24.4. The standard InChI is InChI=1S/C24H21N5O6/c25-24-27-20-19(21(30)28-24)26-13-29(20)18-11-16(35-23(32)15-9-5-2-6-10-15)17(34-18)12-33-22(31)14-7-3-1-4-8-14/h1-10,13,16-18H,11-12H2,(H3,25,27,28,30)/t16-,17-,18-/m1/s1. The van der Waals surface area contributed by atoms with Crippen molar-refractivity contribution in [2.75, 3.05) is 12.3 Å². The van der Waals surface area contributed by atoms with Crippen LogP contribution >= 0.6 is 0 Å². The highest BCUT2D eigenvalue weighted by Gasteiger charge is 2.40. The molecule has 0 radical (unpaired) electrons. The summed E-state index contributed by atoms with van der Waals surface area (Å²) >= 11 is 0. The van der Waals surface area contributed by atoms with E-state index in [-0.39, 0.29) is 30.1 Å². The van der Waals surface area contributed by atoms with Gasteiger partial charge in [-0.25, -0.2) is 14.6 Å². The third kappa shape index (κ3) is 4.62. The van der Waals surface area contributed by atoms with Crippen LogP contribution < -0.4 is 11.3 Å². The molecule has 1 fully saturated rings. The molecule has 4 aromatic rings. The van der Waals surface area contributed by atoms with E-state index in [4.69, 9.17) is 19.9 Å². The van der Waals surface area contributed by atoms with Crippen LogP contribution in [0, 0.1) is 0 Å². The number of carbonyl (C=O) groups excluding carboxylic acids is 2. The van der Waals surface area contributed by atoms with Crippen molar-refractivity contribution in [3.63, 3.8) is 0 Å². The first kappa shape index (κ1) is 22.3. The molecule has 0 amide bonds. The molecule has 0 saturated carbocycles. The molecule has 35 heavy (non-hydrogen) atoms. The second-order valence-electron chi connectivity index (χ2n) is 7.91. The number of anilines is 1. The molecule has 0 spiro atoms. The number of esters is 2. The van der Waals surface area contributed by atoms with Gasteiger partial charge >= 0.3 is 11.9 Å². The van der Waals surface area contributed by atoms with E-state index in [1.165, 1.54) is 6.33 Å². The van der Waals surface area contributed by atoms with Gasteiger partial charge in [-0.15, -0.1) is 0 Å². The summed E-state index contributed by atoms with van der Waals surface area (Å²) in [4.78, 5) is 48.0. The van der Waals surface area contributed by atoms with Gasteiger partial charge in [0.1, 0.15) is 25.0 Å². The Kier molecular flexibility index (Phi) is 5.98. The van der Waals surface area contributed by atoms with E-state index < -0.39 is 35.9 Å². The molecule has 5 rings (SSSR count). The van der Waals surface area contributed by atoms with Gasteiger partial charge in [-0.3, -0.25) is 14.3 Å². The molecule has 3 atom stereocenters. The molecule has 1 aliphatic heterocycles. The van der Waals surface area contributed by atoms with Crippen LogP contribution in [0.1, 0.15) is 33.4 Å². The van der Waals surface area contributed by atoms with E-state index in [1.807, 2.05) is 0 Å². The monoisotopic (exact) mass is 475 g/mol. The van der Waals surface area contributed by atoms with Gasteiger partial charge in [0.05, 0.1) is 17.5 Å². The second kappa shape index (κ2) is 9.39. The Bertz CT molecular complexity index is 1420. The number of imidazole rings is 1. The largest absolute Gasteiger partial charge is 0.459 e. The van der Waals surface area contributed by atoms with E-state index in [2.05, 4.69) is 15.0 Å². The molecule has 2 aromatic heterocycles. The number of nitrogens with two attached hydrogens (primary N) is 1. The summed E-state index contributed by atoms with van der Waals surface area (Å²) < 4.78 is 18.8. The van der Waals surface area contributed by atoms with Gasteiger partial charge in [-0.05, 0) is 24.3 Å². The molecule has 0 bridgehead atoms. The fourth-order valence-electron chi connectivity index (χ4n) is 3.89. The Morgan fingerprint density at radius 2 is 1.71 bits per heavy atom. The summed E-state index contributed by atoms with van der Waals surface area (Å²) in [6, 6.07) is 17.1. The maximum absolute atomic E-state index is 12.7. The predicted molar refractivity (Wildman–Crippen MR) is 123 cm³/mol. The number of nitrogen functional groups attached to an aromatic ring is 1. The minimum atomic E-state index is -0.767. The Morgan fingerprint density at radius 3 is 2.40 bits per heavy atom. The molecule has 11 heteroatoms. The number of aromatic amines is 1. The zero-order valence-electron chi connectivity index (χ0n) is 18.4. The number of nitrogens with one attached hydrogen (secondary N) is 1. The molecule has 2 aromatic carbocycles. The number of rotatable bonds is 6. The van der Waals surface area contributed by atoms with Crippen LogP contribution in [0.15, 0.2) is 71.8 Å². The van der Waals surface area contributed by atoms with Crippen molar-refractivity contribution >= 4 is 29.1 Å². The van der Waals surface area contributed by atoms with Crippen LogP contribution in [0.4, 0.5) is 5.95 Å². The van der Waals surface area contributed by atoms with Crippen LogP contribution in [-0.4, -0.2) is 50.3 Å². The average Bonchev–Trinajstić information content (AvgIpc) is 3.47. The molecule has 0 unspecified atom stereocenters. The number of H-pyrrole nitrogens is 1. The summed E-state index contributed by atoms with van der Waals surface area (Å²) in [6.07, 6.45) is -0.579. The number of benzene rings is 2. The number of hydrogen-bond donors (Lipinski definition) is 2. The van der Waals surface area contributed by atoms with Crippen molar-refractivity contribution in [1.29, 1.82) is 0 Å². The van der Waals surface area contributed by atoms with Crippen molar-refractivity contribution in [2.24, 2.45) is 0 Å². The Balaban J connectivity index is 1.38. The topological polar surface area (TPSA) is 151 Å². The van der Waals surface area contributed by atoms with Crippen LogP contribution in [0.5, 0.6) is 0 Å². The molecule has 1 saturated heterocycles. The van der Waals surface area contributed by atoms with Gasteiger partial charge in [0, 0.05) is 6.42 Å². The van der Waals surface area contributed by atoms with Gasteiger partial charge in [0.25, 0.3) is 5.56 Å². The molecular weight excluding hydrogens is 454 g/mol. The zero-order valence-corrected chi connectivity index (χ0v) is 18.4. The van der Waals surface area contributed by atoms with E-state index in [1.54, 1.807) is 65.2 Å². The fourth-order valence-corrected chi connectivity index (χ4v) is 3.89. The first-order chi connectivity index (χ1) is 17.0. The van der Waals surface area contributed by atoms with Crippen molar-refractivity contribution in [3.8, 4) is 0 Å². The summed E-state index contributed by atoms with van der Waals surface area (Å²) in [7, 11) is 0. The number of ether oxygens (including phenoxy) is 3. The Morgan fingerprint density at radius 1 is 1.06 bits per heavy atom. The third-order valence-corrected chi connectivity index (χ3v) is 5.60. The van der Waals surface area contributed by atoms with Gasteiger partial charge in [-0.1, -0.05) is 36.4 Å². The molecular formula is C24H21N5O6. The molecule has 178 valence electrons. The van der Waals surface area contributed by atoms with E-state index in [0.29, 0.717) is 11.1 Å². The van der Waals surface area contributed by atoms with Crippen LogP contribution in [0.3, 0.4) is 0 Å². The lowest BCUT2D eigenvalue weighted by Crippen LogP contribution is -2.32. The van der Waals surface area contributed by atoms with Crippen LogP contribution in [0.2, 0.25) is 0 Å². The van der Waals surface area contributed by atoms with Crippen LogP contribution in [-0.2, 0) is 14.2 Å². The predicted octanol–water partition coefficient (Wildman–Crippen LogP) is 2.07. The lowest BCUT2D eigenvalue weighted by Gasteiger charge is -2.19. The molecule has 3 N–H and O–H groups in total. The van der Waals surface area contributed by atoms with Crippen LogP contribution in [0.25, 0.3) is 11.2 Å². The Labute approximate surface area is 198 Å². The van der Waals surface area contributed by atoms with E-state index in [0.717, 1.165) is 0 Å². The lowest BCUT2D eigenvalue weighted by atomic mass is 10.1. The number of nitrogens with zero attached hydrogens (tertiary/aromatic N) is 3. The van der Waals surface area contributed by atoms with E-state index in [9.17, 15) is 14.4 Å². The minimum Gasteiger partial charge on any atom is -0.459 e. The molecule has 3 heterocycles. The number of hydrogen-bond acceptors (Lipinski definition) is 9. The highest BCUT2D eigenvalue weighted by Crippen LogP contribution is 2.33. The summed E-state index contributed by atoms with van der Waals surface area (Å²) in [5.74, 6) is -1.13. The smallest absolute Gasteiger partial charge is 0.338 e. The maximum Gasteiger partial charge on any atom is 0.338 e. The van der Waals surface area contributed by atoms with Crippen molar-refractivity contribution in [3.05, 3.63) is 88.5 Å². The minimum absolute atomic E-state index is 0.0670. The molecule has 11 nitrogen and oxygen atoms in total. The normalized spacial score (nSPS) is 19.5. The first-order valence-electron chi connectivity index (χ1n) is 10.9. The summed E-state index contributed by atoms with van der Waals surface area (Å²) in [6.45, 7) is -0.153. The fraction of sp³-hybridized carbons (Fsp3) is 0.208. The van der Waals surface area contributed by atoms with Gasteiger partial charge in [0.15, 0.2) is 11.2 Å². The quantitative estimate of drug-likeness (QED) is 0.399. The maximum atomic E-state index is 12.7. The van der Waals surface area contributed by atoms with Gasteiger partial charge in [0.2, 0.25) is 5.95 Å². The SMILES string of the molecule is Nc1nc2c(ncn2[C@H]2C[C@@H](OC(=O)c3ccccc3)[C@@H](COC(=O)c3ccccc3)O2)c(=O)[nH]1. The van der Waals surface area contributed by atoms with Crippen molar-refractivity contribution in [2.45, 2.75) is 24.9 Å². The molecule has 0 aliphatic carbocycles. The first-order valence-corrected chi connectivity index (χ1v) is 10.9. The average molecular weight is 475 g/mol. The van der Waals surface area contributed by atoms with Crippen molar-refractivity contribution in [1.82, 2.24) is 19.5 Å². The molecule has 1 aliphatic rings. The lowest BCUT2D eigenvalue weighted by molar-refractivity contribution is -0.0563. The summed E-state index contributed by atoms with van der Waals surface area (Å²) in [5, 5.41) is 0. The highest BCUT2D eigenvalue weighted by atomic mass is 16.6. The third-order valence-electron chi connectivity index (χ3n) is 5.60. The van der Waals surface area contributed by atoms with E-state index >= 15 is 0 Å². The van der Waals surface area contributed by atoms with Gasteiger partial charge in [-0.2, -0.15) is 4.98 Å². The Hall–Kier alpha value is -4.51. The number of aromatic nitrogens is 4. The second-order valence-corrected chi connectivity index (χ2v) is 7.91. The van der Waals surface area contributed by atoms with Crippen molar-refractivity contribution < 1.29 is 23.8 Å². The number of carbonyl (C=O) groups is 2.